The molecule has 0 bridgehead atoms. The van der Waals surface area contributed by atoms with Crippen LogP contribution in [0.1, 0.15) is 213 Å². The predicted octanol–water partition coefficient (Wildman–Crippen LogP) is 13.3. The summed E-state index contributed by atoms with van der Waals surface area (Å²) in [4.78, 5) is 46.0. The van der Waals surface area contributed by atoms with Crippen molar-refractivity contribution in [1.82, 2.24) is 0 Å². The third-order valence-corrected chi connectivity index (χ3v) is 11.3. The minimum absolute atomic E-state index is 0.0406. The van der Waals surface area contributed by atoms with Crippen LogP contribution in [0.4, 0.5) is 0 Å². The molecule has 0 radical (unpaired) electrons. The van der Waals surface area contributed by atoms with Gasteiger partial charge >= 0.3 is 25.7 Å². The van der Waals surface area contributed by atoms with Crippen molar-refractivity contribution in [2.75, 3.05) is 19.8 Å². The van der Waals surface area contributed by atoms with Gasteiger partial charge in [0.25, 0.3) is 0 Å². The van der Waals surface area contributed by atoms with Gasteiger partial charge in [0.2, 0.25) is 0 Å². The Morgan fingerprint density at radius 1 is 0.525 bits per heavy atom. The Kier molecular flexibility index (Phi) is 42.2. The second-order valence-corrected chi connectivity index (χ2v) is 17.7. The summed E-state index contributed by atoms with van der Waals surface area (Å²) in [6, 6.07) is -1.53. The first kappa shape index (κ1) is 58.4. The highest BCUT2D eigenvalue weighted by atomic mass is 31.2. The minimum atomic E-state index is -4.74. The number of phosphoric acid groups is 1. The second-order valence-electron chi connectivity index (χ2n) is 16.2. The van der Waals surface area contributed by atoms with E-state index in [0.29, 0.717) is 12.8 Å². The highest BCUT2D eigenvalue weighted by Gasteiger charge is 2.28. The van der Waals surface area contributed by atoms with E-state index in [0.717, 1.165) is 44.9 Å². The summed E-state index contributed by atoms with van der Waals surface area (Å²) in [5.74, 6) is -2.47. The number of ether oxygens (including phenoxy) is 2. The van der Waals surface area contributed by atoms with E-state index in [1.54, 1.807) is 0 Å². The number of esters is 2. The average molecular weight is 882 g/mol. The third-order valence-electron chi connectivity index (χ3n) is 10.4. The Balaban J connectivity index is 4.21. The van der Waals surface area contributed by atoms with Gasteiger partial charge in [-0.2, -0.15) is 0 Å². The van der Waals surface area contributed by atoms with Crippen molar-refractivity contribution >= 4 is 25.7 Å². The summed E-state index contributed by atoms with van der Waals surface area (Å²) in [5.41, 5.74) is 5.33. The Morgan fingerprint density at radius 3 is 1.34 bits per heavy atom. The molecule has 0 aromatic carbocycles. The smallest absolute Gasteiger partial charge is 0.472 e. The van der Waals surface area contributed by atoms with Crippen LogP contribution in [0.5, 0.6) is 0 Å². The molecule has 61 heavy (non-hydrogen) atoms. The molecule has 0 aliphatic carbocycles. The molecule has 0 amide bonds. The number of carbonyl (C=O) groups excluding carboxylic acids is 2. The lowest BCUT2D eigenvalue weighted by molar-refractivity contribution is -0.161. The first-order valence-electron chi connectivity index (χ1n) is 24.2. The molecule has 0 aliphatic heterocycles. The topological polar surface area (TPSA) is 172 Å². The third kappa shape index (κ3) is 43.9. The Morgan fingerprint density at radius 2 is 0.918 bits per heavy atom. The van der Waals surface area contributed by atoms with Crippen LogP contribution in [0.15, 0.2) is 48.6 Å². The maximum absolute atomic E-state index is 12.6. The van der Waals surface area contributed by atoms with Crippen LogP contribution in [0.3, 0.4) is 0 Å². The number of carboxylic acids is 1. The number of unbranched alkanes of at least 4 members (excludes halogenated alkanes) is 23. The van der Waals surface area contributed by atoms with Gasteiger partial charge in [-0.25, -0.2) is 4.57 Å². The van der Waals surface area contributed by atoms with E-state index in [4.69, 9.17) is 24.8 Å². The van der Waals surface area contributed by atoms with Crippen LogP contribution < -0.4 is 5.73 Å². The van der Waals surface area contributed by atoms with Gasteiger partial charge in [0, 0.05) is 12.8 Å². The van der Waals surface area contributed by atoms with Crippen molar-refractivity contribution in [3.8, 4) is 0 Å². The molecule has 0 rings (SSSR count). The summed E-state index contributed by atoms with van der Waals surface area (Å²) in [6.45, 7) is 2.63. The molecule has 354 valence electrons. The molecule has 0 saturated heterocycles. The van der Waals surface area contributed by atoms with Crippen molar-refractivity contribution in [3.63, 3.8) is 0 Å². The summed E-state index contributed by atoms with van der Waals surface area (Å²) in [6.07, 6.45) is 50.7. The predicted molar refractivity (Wildman–Crippen MR) is 249 cm³/mol. The quantitative estimate of drug-likeness (QED) is 0.0230. The molecule has 3 atom stereocenters. The monoisotopic (exact) mass is 882 g/mol. The zero-order valence-corrected chi connectivity index (χ0v) is 39.4. The number of aliphatic carboxylic acids is 1. The number of hydrogen-bond acceptors (Lipinski definition) is 9. The zero-order valence-electron chi connectivity index (χ0n) is 38.5. The van der Waals surface area contributed by atoms with Gasteiger partial charge < -0.3 is 25.2 Å². The van der Waals surface area contributed by atoms with Crippen LogP contribution in [0, 0.1) is 0 Å². The molecule has 0 heterocycles. The highest BCUT2D eigenvalue weighted by molar-refractivity contribution is 7.47. The first-order chi connectivity index (χ1) is 29.6. The number of carbonyl (C=O) groups is 3. The Hall–Kier alpha value is -2.56. The molecular formula is C49H88NO10P. The van der Waals surface area contributed by atoms with Gasteiger partial charge in [-0.15, -0.1) is 0 Å². The molecule has 4 N–H and O–H groups in total. The normalized spacial score (nSPS) is 14.0. The van der Waals surface area contributed by atoms with Crippen molar-refractivity contribution in [2.45, 2.75) is 225 Å². The standard InChI is InChI=1S/C49H88NO10P/c1-3-5-7-9-11-13-15-17-18-19-20-21-22-23-24-25-26-27-29-30-32-34-36-38-40-47(51)57-42-45(43-58-61(55,56)59-44-46(50)49(53)54)60-48(52)41-39-37-35-33-31-28-16-14-12-10-8-6-4-2/h6,8,12,14,28,31,35,37,45-46H,3-5,7,9-11,13,15-27,29-30,32-34,36,38-44,50H2,1-2H3,(H,53,54)(H,55,56)/b8-6-,14-12-,31-28-,37-35-. The van der Waals surface area contributed by atoms with Gasteiger partial charge in [0.1, 0.15) is 12.6 Å². The number of hydrogen-bond donors (Lipinski definition) is 3. The van der Waals surface area contributed by atoms with E-state index in [2.05, 4.69) is 48.8 Å². The van der Waals surface area contributed by atoms with Gasteiger partial charge in [0.15, 0.2) is 6.10 Å². The lowest BCUT2D eigenvalue weighted by atomic mass is 10.0. The van der Waals surface area contributed by atoms with E-state index in [9.17, 15) is 23.8 Å². The molecule has 0 aromatic heterocycles. The highest BCUT2D eigenvalue weighted by Crippen LogP contribution is 2.43. The van der Waals surface area contributed by atoms with Gasteiger partial charge in [-0.1, -0.05) is 210 Å². The Bertz CT molecular complexity index is 1220. The van der Waals surface area contributed by atoms with E-state index >= 15 is 0 Å². The van der Waals surface area contributed by atoms with E-state index in [-0.39, 0.29) is 19.4 Å². The maximum atomic E-state index is 12.6. The lowest BCUT2D eigenvalue weighted by Gasteiger charge is -2.20. The summed E-state index contributed by atoms with van der Waals surface area (Å²) in [5, 5.41) is 8.89. The van der Waals surface area contributed by atoms with Crippen molar-refractivity contribution in [2.24, 2.45) is 5.73 Å². The number of phosphoric ester groups is 1. The van der Waals surface area contributed by atoms with Crippen LogP contribution in [-0.4, -0.2) is 59.9 Å². The van der Waals surface area contributed by atoms with Gasteiger partial charge in [-0.05, 0) is 38.5 Å². The van der Waals surface area contributed by atoms with Crippen molar-refractivity contribution in [1.29, 1.82) is 0 Å². The molecule has 12 heteroatoms. The zero-order chi connectivity index (χ0) is 44.9. The number of nitrogens with two attached hydrogens (primary N) is 1. The molecule has 0 aromatic rings. The van der Waals surface area contributed by atoms with Crippen molar-refractivity contribution in [3.05, 3.63) is 48.6 Å². The van der Waals surface area contributed by atoms with Crippen LogP contribution >= 0.6 is 7.82 Å². The number of carboxylic acid groups (broad SMARTS) is 1. The fourth-order valence-corrected chi connectivity index (χ4v) is 7.39. The Labute approximate surface area is 371 Å². The van der Waals surface area contributed by atoms with E-state index < -0.39 is 51.1 Å². The molecule has 3 unspecified atom stereocenters. The summed E-state index contributed by atoms with van der Waals surface area (Å²) >= 11 is 0. The molecule has 0 aliphatic rings. The first-order valence-corrected chi connectivity index (χ1v) is 25.7. The van der Waals surface area contributed by atoms with E-state index in [1.165, 1.54) is 128 Å². The maximum Gasteiger partial charge on any atom is 0.472 e. The number of rotatable bonds is 45. The SMILES string of the molecule is CC/C=C\C/C=C\C/C=C\C/C=C\CCC(=O)OC(COC(=O)CCCCCCCCCCCCCCCCCCCCCCCCCC)COP(=O)(O)OCC(N)C(=O)O. The van der Waals surface area contributed by atoms with E-state index in [1.807, 2.05) is 18.2 Å². The van der Waals surface area contributed by atoms with Crippen LogP contribution in [-0.2, 0) is 37.5 Å². The molecule has 11 nitrogen and oxygen atoms in total. The average Bonchev–Trinajstić information content (AvgIpc) is 3.24. The summed E-state index contributed by atoms with van der Waals surface area (Å²) in [7, 11) is -4.74. The fourth-order valence-electron chi connectivity index (χ4n) is 6.61. The van der Waals surface area contributed by atoms with Crippen LogP contribution in [0.2, 0.25) is 0 Å². The fraction of sp³-hybridized carbons (Fsp3) is 0.776. The molecule has 0 fully saturated rings. The second kappa shape index (κ2) is 44.1. The number of allylic oxidation sites excluding steroid dienone is 8. The molecule has 0 saturated carbocycles. The molecular weight excluding hydrogens is 794 g/mol. The lowest BCUT2D eigenvalue weighted by Crippen LogP contribution is -2.34. The van der Waals surface area contributed by atoms with Crippen molar-refractivity contribution < 1.29 is 47.5 Å². The van der Waals surface area contributed by atoms with Gasteiger partial charge in [0.05, 0.1) is 13.2 Å². The minimum Gasteiger partial charge on any atom is -0.480 e. The van der Waals surface area contributed by atoms with Crippen LogP contribution in [0.25, 0.3) is 0 Å². The molecule has 0 spiro atoms. The summed E-state index contributed by atoms with van der Waals surface area (Å²) < 4.78 is 32.6. The van der Waals surface area contributed by atoms with Gasteiger partial charge in [-0.3, -0.25) is 23.4 Å². The largest absolute Gasteiger partial charge is 0.480 e.